The Labute approximate surface area is 305 Å². The first-order chi connectivity index (χ1) is 24.6. The molecule has 51 heavy (non-hydrogen) atoms. The molecule has 4 aliphatic rings. The first kappa shape index (κ1) is 37.3. The highest BCUT2D eigenvalue weighted by atomic mass is 16.5. The van der Waals surface area contributed by atoms with Crippen LogP contribution in [0.2, 0.25) is 0 Å². The van der Waals surface area contributed by atoms with Gasteiger partial charge >= 0.3 is 0 Å². The number of benzene rings is 2. The Morgan fingerprint density at radius 1 is 0.961 bits per heavy atom. The Morgan fingerprint density at radius 2 is 1.63 bits per heavy atom. The summed E-state index contributed by atoms with van der Waals surface area (Å²) in [4.78, 5) is 46.7. The Morgan fingerprint density at radius 3 is 2.25 bits per heavy atom. The van der Waals surface area contributed by atoms with Crippen LogP contribution in [-0.2, 0) is 20.9 Å². The van der Waals surface area contributed by atoms with Crippen molar-refractivity contribution in [3.05, 3.63) is 53.1 Å². The number of likely N-dealkylation sites (tertiary alicyclic amines) is 1. The van der Waals surface area contributed by atoms with Gasteiger partial charge in [-0.1, -0.05) is 56.9 Å². The number of piperidine rings is 2. The summed E-state index contributed by atoms with van der Waals surface area (Å²) in [6.45, 7) is 17.3. The molecule has 2 aromatic rings. The molecule has 3 saturated heterocycles. The third kappa shape index (κ3) is 8.15. The number of hydrogen-bond donors (Lipinski definition) is 2. The van der Waals surface area contributed by atoms with Crippen LogP contribution in [0.25, 0.3) is 11.1 Å². The van der Waals surface area contributed by atoms with E-state index in [1.165, 1.54) is 31.2 Å². The average molecular weight is 700 g/mol. The molecule has 2 aromatic carbocycles. The molecule has 1 spiro atoms. The van der Waals surface area contributed by atoms with Gasteiger partial charge in [-0.3, -0.25) is 19.3 Å². The van der Waals surface area contributed by atoms with E-state index in [9.17, 15) is 14.4 Å². The predicted octanol–water partition coefficient (Wildman–Crippen LogP) is 6.17. The zero-order valence-corrected chi connectivity index (χ0v) is 31.8. The second-order valence-corrected chi connectivity index (χ2v) is 15.8. The van der Waals surface area contributed by atoms with Crippen molar-refractivity contribution in [1.29, 1.82) is 0 Å². The van der Waals surface area contributed by atoms with Gasteiger partial charge in [-0.25, -0.2) is 0 Å². The van der Waals surface area contributed by atoms with E-state index in [4.69, 9.17) is 4.74 Å². The minimum absolute atomic E-state index is 0.0579. The average Bonchev–Trinajstić information content (AvgIpc) is 3.40. The molecular weight excluding hydrogens is 638 g/mol. The second-order valence-electron chi connectivity index (χ2n) is 15.8. The molecule has 3 amide bonds. The van der Waals surface area contributed by atoms with Crippen molar-refractivity contribution >= 4 is 23.4 Å². The lowest BCUT2D eigenvalue weighted by molar-refractivity contribution is -0.137. The lowest BCUT2D eigenvalue weighted by atomic mass is 9.59. The van der Waals surface area contributed by atoms with Crippen molar-refractivity contribution in [3.63, 3.8) is 0 Å². The number of amides is 3. The summed E-state index contributed by atoms with van der Waals surface area (Å²) in [7, 11) is 0. The molecule has 0 radical (unpaired) electrons. The number of ether oxygens (including phenoxy) is 1. The van der Waals surface area contributed by atoms with Crippen LogP contribution in [-0.4, -0.2) is 92.1 Å². The topological polar surface area (TPSA) is 94.2 Å². The molecule has 3 aliphatic heterocycles. The third-order valence-corrected chi connectivity index (χ3v) is 13.0. The SMILES string of the molecule is CCN(c1cc(-c2ccc(CN3CCOCC3)cc2)cc(C(=O)NCC2C(=O)NC(C)C3(CCCCCC3)C2C)c1C)C1CCN(C(C)=O)CC1. The standard InChI is InChI=1S/C42H61N5O4/c1-6-47(36-15-19-46(20-16-36)32(5)48)39-26-35(34-13-11-33(12-14-34)28-45-21-23-51-24-22-45)25-37(29(39)2)40(49)43-27-38-30(3)42(31(4)44-41(38)50)17-9-7-8-10-18-42/h11-14,25-26,30-31,36,38H,6-10,15-24,27-28H2,1-5H3,(H,43,49)(H,44,50). The molecule has 3 atom stereocenters. The molecule has 1 aliphatic carbocycles. The van der Waals surface area contributed by atoms with Crippen LogP contribution in [0.15, 0.2) is 36.4 Å². The van der Waals surface area contributed by atoms with Gasteiger partial charge < -0.3 is 25.2 Å². The van der Waals surface area contributed by atoms with Crippen LogP contribution in [0.4, 0.5) is 5.69 Å². The summed E-state index contributed by atoms with van der Waals surface area (Å²) in [6.07, 6.45) is 8.98. The van der Waals surface area contributed by atoms with Crippen molar-refractivity contribution in [2.45, 2.75) is 105 Å². The molecule has 3 unspecified atom stereocenters. The van der Waals surface area contributed by atoms with Gasteiger partial charge in [0.25, 0.3) is 5.91 Å². The van der Waals surface area contributed by atoms with Gasteiger partial charge in [0, 0.05) is 76.1 Å². The fourth-order valence-corrected chi connectivity index (χ4v) is 9.67. The minimum atomic E-state index is -0.260. The zero-order valence-electron chi connectivity index (χ0n) is 31.8. The second kappa shape index (κ2) is 16.5. The van der Waals surface area contributed by atoms with Gasteiger partial charge in [0.05, 0.1) is 19.1 Å². The molecule has 6 rings (SSSR count). The number of nitrogens with zero attached hydrogens (tertiary/aromatic N) is 3. The van der Waals surface area contributed by atoms with E-state index >= 15 is 0 Å². The molecular formula is C42H61N5O4. The highest BCUT2D eigenvalue weighted by Crippen LogP contribution is 2.49. The van der Waals surface area contributed by atoms with Gasteiger partial charge in [0.2, 0.25) is 11.8 Å². The zero-order chi connectivity index (χ0) is 36.1. The van der Waals surface area contributed by atoms with Crippen LogP contribution in [0.5, 0.6) is 0 Å². The number of rotatable bonds is 9. The number of hydrogen-bond acceptors (Lipinski definition) is 6. The lowest BCUT2D eigenvalue weighted by Crippen LogP contribution is -2.61. The first-order valence-corrected chi connectivity index (χ1v) is 19.8. The maximum atomic E-state index is 14.3. The molecule has 0 bridgehead atoms. The number of anilines is 1. The molecule has 0 aromatic heterocycles. The minimum Gasteiger partial charge on any atom is -0.379 e. The predicted molar refractivity (Wildman–Crippen MR) is 204 cm³/mol. The summed E-state index contributed by atoms with van der Waals surface area (Å²) in [5.41, 5.74) is 6.09. The van der Waals surface area contributed by atoms with E-state index in [1.807, 2.05) is 11.0 Å². The molecule has 9 nitrogen and oxygen atoms in total. The highest BCUT2D eigenvalue weighted by molar-refractivity contribution is 5.99. The first-order valence-electron chi connectivity index (χ1n) is 19.8. The Hall–Kier alpha value is -3.43. The number of carbonyl (C=O) groups excluding carboxylic acids is 3. The summed E-state index contributed by atoms with van der Waals surface area (Å²) >= 11 is 0. The largest absolute Gasteiger partial charge is 0.379 e. The van der Waals surface area contributed by atoms with Crippen LogP contribution >= 0.6 is 0 Å². The van der Waals surface area contributed by atoms with Gasteiger partial charge in [0.1, 0.15) is 0 Å². The van der Waals surface area contributed by atoms with Gasteiger partial charge in [-0.05, 0) is 92.2 Å². The summed E-state index contributed by atoms with van der Waals surface area (Å²) in [5.74, 6) is -0.0110. The molecule has 278 valence electrons. The molecule has 2 N–H and O–H groups in total. The quantitative estimate of drug-likeness (QED) is 0.325. The van der Waals surface area contributed by atoms with Crippen LogP contribution in [0, 0.1) is 24.2 Å². The fraction of sp³-hybridized carbons (Fsp3) is 0.643. The summed E-state index contributed by atoms with van der Waals surface area (Å²) in [5, 5.41) is 6.59. The molecule has 9 heteroatoms. The van der Waals surface area contributed by atoms with Crippen LogP contribution in [0.3, 0.4) is 0 Å². The molecule has 1 saturated carbocycles. The Bertz CT molecular complexity index is 1520. The van der Waals surface area contributed by atoms with E-state index < -0.39 is 0 Å². The maximum Gasteiger partial charge on any atom is 0.251 e. The number of morpholine rings is 1. The smallest absolute Gasteiger partial charge is 0.251 e. The molecule has 4 fully saturated rings. The summed E-state index contributed by atoms with van der Waals surface area (Å²) in [6, 6.07) is 13.5. The van der Waals surface area contributed by atoms with E-state index in [2.05, 4.69) is 78.5 Å². The van der Waals surface area contributed by atoms with Crippen LogP contribution < -0.4 is 15.5 Å². The van der Waals surface area contributed by atoms with Crippen molar-refractivity contribution in [2.24, 2.45) is 17.3 Å². The lowest BCUT2D eigenvalue weighted by Gasteiger charge is -2.51. The molecule has 3 heterocycles. The normalized spacial score (nSPS) is 24.5. The van der Waals surface area contributed by atoms with Gasteiger partial charge in [-0.2, -0.15) is 0 Å². The van der Waals surface area contributed by atoms with E-state index in [0.717, 1.165) is 101 Å². The number of carbonyl (C=O) groups is 3. The van der Waals surface area contributed by atoms with E-state index in [-0.39, 0.29) is 47.1 Å². The van der Waals surface area contributed by atoms with Crippen molar-refractivity contribution < 1.29 is 19.1 Å². The van der Waals surface area contributed by atoms with E-state index in [0.29, 0.717) is 12.1 Å². The fourth-order valence-electron chi connectivity index (χ4n) is 9.67. The van der Waals surface area contributed by atoms with Crippen molar-refractivity contribution in [1.82, 2.24) is 20.4 Å². The monoisotopic (exact) mass is 699 g/mol. The van der Waals surface area contributed by atoms with Crippen LogP contribution in [0.1, 0.15) is 101 Å². The summed E-state index contributed by atoms with van der Waals surface area (Å²) < 4.78 is 5.54. The maximum absolute atomic E-state index is 14.3. The number of nitrogens with one attached hydrogen (secondary N) is 2. The van der Waals surface area contributed by atoms with Gasteiger partial charge in [-0.15, -0.1) is 0 Å². The van der Waals surface area contributed by atoms with Crippen molar-refractivity contribution in [3.8, 4) is 11.1 Å². The van der Waals surface area contributed by atoms with E-state index in [1.54, 1.807) is 6.92 Å². The Balaban J connectivity index is 1.27. The third-order valence-electron chi connectivity index (χ3n) is 13.0. The highest BCUT2D eigenvalue weighted by Gasteiger charge is 2.50. The Kier molecular flexibility index (Phi) is 12.1. The van der Waals surface area contributed by atoms with Crippen molar-refractivity contribution in [2.75, 3.05) is 57.4 Å². The van der Waals surface area contributed by atoms with Gasteiger partial charge in [0.15, 0.2) is 0 Å².